The average molecular weight is 309 g/mol. The van der Waals surface area contributed by atoms with E-state index in [9.17, 15) is 28.1 Å². The minimum Gasteiger partial charge on any atom is -0.292 e. The van der Waals surface area contributed by atoms with Crippen LogP contribution in [0.3, 0.4) is 0 Å². The fourth-order valence-corrected chi connectivity index (χ4v) is 1.60. The summed E-state index contributed by atoms with van der Waals surface area (Å²) in [6.45, 7) is 0. The van der Waals surface area contributed by atoms with Gasteiger partial charge in [-0.15, -0.1) is 0 Å². The Morgan fingerprint density at radius 2 is 2.10 bits per heavy atom. The number of hydrazine groups is 1. The van der Waals surface area contributed by atoms with Gasteiger partial charge in [-0.2, -0.15) is 24.9 Å². The van der Waals surface area contributed by atoms with E-state index < -0.39 is 28.3 Å². The lowest BCUT2D eigenvalue weighted by Gasteiger charge is -2.11. The Hall–Kier alpha value is -1.97. The van der Waals surface area contributed by atoms with Crippen molar-refractivity contribution < 1.29 is 22.9 Å². The molecule has 0 aliphatic rings. The molecule has 0 saturated heterocycles. The van der Waals surface area contributed by atoms with Crippen LogP contribution in [0.2, 0.25) is 0 Å². The molecule has 6 nitrogen and oxygen atoms in total. The third-order valence-corrected chi connectivity index (χ3v) is 2.68. The number of anilines is 1. The Bertz CT molecular complexity index is 522. The second-order valence-corrected chi connectivity index (χ2v) is 4.46. The summed E-state index contributed by atoms with van der Waals surface area (Å²) in [5, 5.41) is 10.8. The van der Waals surface area contributed by atoms with Gasteiger partial charge in [0.15, 0.2) is 0 Å². The van der Waals surface area contributed by atoms with Crippen molar-refractivity contribution in [3.05, 3.63) is 33.9 Å². The van der Waals surface area contributed by atoms with Gasteiger partial charge in [-0.1, -0.05) is 0 Å². The van der Waals surface area contributed by atoms with Gasteiger partial charge in [-0.05, 0) is 18.4 Å². The fraction of sp³-hybridized carbons (Fsp3) is 0.300. The van der Waals surface area contributed by atoms with E-state index in [1.54, 1.807) is 6.26 Å². The number of nitrogens with zero attached hydrogens (tertiary/aromatic N) is 1. The zero-order valence-corrected chi connectivity index (χ0v) is 11.0. The lowest BCUT2D eigenvalue weighted by molar-refractivity contribution is -0.384. The molecule has 0 spiro atoms. The Morgan fingerprint density at radius 3 is 2.60 bits per heavy atom. The van der Waals surface area contributed by atoms with E-state index >= 15 is 0 Å². The maximum absolute atomic E-state index is 12.5. The third-order valence-electron chi connectivity index (χ3n) is 2.13. The number of hydrogen-bond donors (Lipinski definition) is 2. The topological polar surface area (TPSA) is 84.3 Å². The Balaban J connectivity index is 2.97. The second-order valence-electron chi connectivity index (χ2n) is 3.59. The summed E-state index contributed by atoms with van der Waals surface area (Å²) >= 11 is 1.23. The highest BCUT2D eigenvalue weighted by Gasteiger charge is 2.33. The number of alkyl halides is 3. The molecule has 1 rings (SSSR count). The molecule has 0 aliphatic carbocycles. The maximum Gasteiger partial charge on any atom is 0.416 e. The normalized spacial score (nSPS) is 11.0. The predicted molar refractivity (Wildman–Crippen MR) is 68.2 cm³/mol. The maximum atomic E-state index is 12.5. The summed E-state index contributed by atoms with van der Waals surface area (Å²) in [4.78, 5) is 21.0. The van der Waals surface area contributed by atoms with Crippen LogP contribution in [-0.4, -0.2) is 22.8 Å². The largest absolute Gasteiger partial charge is 0.416 e. The minimum absolute atomic E-state index is 0.113. The van der Waals surface area contributed by atoms with Crippen molar-refractivity contribution in [2.45, 2.75) is 6.18 Å². The number of rotatable bonds is 5. The van der Waals surface area contributed by atoms with Crippen LogP contribution < -0.4 is 10.9 Å². The molecule has 10 heteroatoms. The van der Waals surface area contributed by atoms with Gasteiger partial charge in [0.25, 0.3) is 5.69 Å². The smallest absolute Gasteiger partial charge is 0.292 e. The van der Waals surface area contributed by atoms with Crippen molar-refractivity contribution in [1.29, 1.82) is 0 Å². The molecule has 2 N–H and O–H groups in total. The van der Waals surface area contributed by atoms with Gasteiger partial charge in [0.1, 0.15) is 5.69 Å². The number of hydrogen-bond acceptors (Lipinski definition) is 5. The van der Waals surface area contributed by atoms with E-state index in [0.717, 1.165) is 6.07 Å². The first kappa shape index (κ1) is 16.1. The van der Waals surface area contributed by atoms with Crippen LogP contribution in [0.1, 0.15) is 5.56 Å². The van der Waals surface area contributed by atoms with Crippen LogP contribution in [0.4, 0.5) is 24.5 Å². The molecule has 110 valence electrons. The van der Waals surface area contributed by atoms with E-state index in [1.165, 1.54) is 11.8 Å². The lowest BCUT2D eigenvalue weighted by atomic mass is 10.1. The quantitative estimate of drug-likeness (QED) is 0.644. The van der Waals surface area contributed by atoms with Crippen molar-refractivity contribution in [1.82, 2.24) is 5.43 Å². The molecule has 0 heterocycles. The highest BCUT2D eigenvalue weighted by Crippen LogP contribution is 2.34. The molecule has 0 fully saturated rings. The van der Waals surface area contributed by atoms with Gasteiger partial charge < -0.3 is 0 Å². The summed E-state index contributed by atoms with van der Waals surface area (Å²) < 4.78 is 37.4. The van der Waals surface area contributed by atoms with Gasteiger partial charge >= 0.3 is 6.18 Å². The number of benzene rings is 1. The SMILES string of the molecule is CSCC(=O)NNc1ccc(C(F)(F)F)cc1[N+](=O)[O-]. The molecule has 0 radical (unpaired) electrons. The van der Waals surface area contributed by atoms with Gasteiger partial charge in [0, 0.05) is 6.07 Å². The molecule has 1 aromatic carbocycles. The summed E-state index contributed by atoms with van der Waals surface area (Å²) in [6.07, 6.45) is -2.99. The van der Waals surface area contributed by atoms with Crippen molar-refractivity contribution >= 4 is 29.0 Å². The molecule has 0 atom stereocenters. The molecule has 20 heavy (non-hydrogen) atoms. The van der Waals surface area contributed by atoms with Crippen LogP contribution in [0.15, 0.2) is 18.2 Å². The Kier molecular flexibility index (Phi) is 5.19. The molecule has 0 saturated carbocycles. The zero-order chi connectivity index (χ0) is 15.3. The van der Waals surface area contributed by atoms with Crippen LogP contribution >= 0.6 is 11.8 Å². The van der Waals surface area contributed by atoms with Gasteiger partial charge in [-0.25, -0.2) is 0 Å². The molecule has 1 aromatic rings. The van der Waals surface area contributed by atoms with E-state index in [4.69, 9.17) is 0 Å². The highest BCUT2D eigenvalue weighted by atomic mass is 32.2. The number of amides is 1. The van der Waals surface area contributed by atoms with E-state index in [2.05, 4.69) is 10.9 Å². The minimum atomic E-state index is -4.68. The van der Waals surface area contributed by atoms with Crippen LogP contribution in [0.5, 0.6) is 0 Å². The number of carbonyl (C=O) groups excluding carboxylic acids is 1. The molecule has 0 aromatic heterocycles. The molecule has 0 bridgehead atoms. The van der Waals surface area contributed by atoms with Crippen molar-refractivity contribution in [2.75, 3.05) is 17.4 Å². The highest BCUT2D eigenvalue weighted by molar-refractivity contribution is 7.99. The summed E-state index contributed by atoms with van der Waals surface area (Å²) in [7, 11) is 0. The number of thioether (sulfide) groups is 1. The first-order valence-electron chi connectivity index (χ1n) is 5.15. The molecule has 1 amide bonds. The molecular weight excluding hydrogens is 299 g/mol. The van der Waals surface area contributed by atoms with Gasteiger partial charge in [-0.3, -0.25) is 25.8 Å². The van der Waals surface area contributed by atoms with Gasteiger partial charge in [0.2, 0.25) is 5.91 Å². The third kappa shape index (κ3) is 4.30. The lowest BCUT2D eigenvalue weighted by Crippen LogP contribution is -2.31. The van der Waals surface area contributed by atoms with Crippen molar-refractivity contribution in [3.63, 3.8) is 0 Å². The monoisotopic (exact) mass is 309 g/mol. The zero-order valence-electron chi connectivity index (χ0n) is 10.2. The van der Waals surface area contributed by atoms with Crippen molar-refractivity contribution in [2.24, 2.45) is 0 Å². The molecule has 0 aliphatic heterocycles. The summed E-state index contributed by atoms with van der Waals surface area (Å²) in [5.74, 6) is -0.340. The van der Waals surface area contributed by atoms with E-state index in [0.29, 0.717) is 12.1 Å². The van der Waals surface area contributed by atoms with Crippen LogP contribution in [0, 0.1) is 10.1 Å². The van der Waals surface area contributed by atoms with E-state index in [-0.39, 0.29) is 11.4 Å². The van der Waals surface area contributed by atoms with Crippen molar-refractivity contribution in [3.8, 4) is 0 Å². The molecule has 0 unspecified atom stereocenters. The van der Waals surface area contributed by atoms with E-state index in [1.807, 2.05) is 0 Å². The predicted octanol–water partition coefficient (Wildman–Crippen LogP) is 2.42. The Morgan fingerprint density at radius 1 is 1.45 bits per heavy atom. The first-order valence-corrected chi connectivity index (χ1v) is 6.54. The standard InChI is InChI=1S/C10H10F3N3O3S/c1-20-5-9(17)15-14-7-3-2-6(10(11,12)13)4-8(7)16(18)19/h2-4,14H,5H2,1H3,(H,15,17). The summed E-state index contributed by atoms with van der Waals surface area (Å²) in [5.41, 5.74) is 2.26. The average Bonchev–Trinajstić information content (AvgIpc) is 2.35. The molecular formula is C10H10F3N3O3S. The first-order chi connectivity index (χ1) is 9.25. The van der Waals surface area contributed by atoms with Crippen LogP contribution in [-0.2, 0) is 11.0 Å². The fourth-order valence-electron chi connectivity index (χ4n) is 1.27. The number of nitro groups is 1. The summed E-state index contributed by atoms with van der Waals surface area (Å²) in [6, 6.07) is 1.99. The Labute approximate surface area is 115 Å². The van der Waals surface area contributed by atoms with Crippen LogP contribution in [0.25, 0.3) is 0 Å². The number of halogens is 3. The second kappa shape index (κ2) is 6.46. The number of nitrogens with one attached hydrogen (secondary N) is 2. The number of carbonyl (C=O) groups is 1. The van der Waals surface area contributed by atoms with Gasteiger partial charge in [0.05, 0.1) is 16.2 Å². The number of nitro benzene ring substituents is 1.